The standard InChI is InChI=1S/C38H21N3S2/c39-20-22-9-12-34(41-32-7-3-1-5-25(32)26-6-2-4-8-33(26)41)27(15-22)24-11-14-36-29(17-24)31-18-30-28-16-23(21-40)10-13-35(28)42-37(30)19-38(31)43-36/h1-19,28,35H. The molecule has 0 bridgehead atoms. The number of fused-ring (bicyclic) bond motifs is 9. The second kappa shape index (κ2) is 9.21. The van der Waals surface area contributed by atoms with Gasteiger partial charge in [0.15, 0.2) is 0 Å². The van der Waals surface area contributed by atoms with Gasteiger partial charge in [-0.3, -0.25) is 0 Å². The molecule has 0 spiro atoms. The van der Waals surface area contributed by atoms with Gasteiger partial charge in [0.1, 0.15) is 0 Å². The molecule has 0 saturated heterocycles. The van der Waals surface area contributed by atoms with Crippen molar-refractivity contribution in [2.24, 2.45) is 0 Å². The molecule has 0 N–H and O–H groups in total. The molecule has 9 rings (SSSR count). The van der Waals surface area contributed by atoms with Crippen molar-refractivity contribution >= 4 is 65.1 Å². The molecule has 0 fully saturated rings. The maximum atomic E-state index is 9.89. The molecule has 7 aromatic rings. The van der Waals surface area contributed by atoms with E-state index in [1.807, 2.05) is 41.3 Å². The second-order valence-electron chi connectivity index (χ2n) is 11.1. The van der Waals surface area contributed by atoms with Gasteiger partial charge >= 0.3 is 0 Å². The molecule has 0 saturated carbocycles. The summed E-state index contributed by atoms with van der Waals surface area (Å²) in [5, 5.41) is 24.6. The summed E-state index contributed by atoms with van der Waals surface area (Å²) in [4.78, 5) is 1.31. The molecule has 3 nitrogen and oxygen atoms in total. The average Bonchev–Trinajstić information content (AvgIpc) is 3.71. The molecule has 43 heavy (non-hydrogen) atoms. The molecule has 1 aliphatic carbocycles. The average molecular weight is 584 g/mol. The van der Waals surface area contributed by atoms with Crippen molar-refractivity contribution in [2.45, 2.75) is 16.1 Å². The second-order valence-corrected chi connectivity index (χ2v) is 13.4. The number of benzene rings is 5. The van der Waals surface area contributed by atoms with E-state index in [0.29, 0.717) is 10.8 Å². The lowest BCUT2D eigenvalue weighted by Crippen LogP contribution is -2.08. The molecule has 2 aromatic heterocycles. The highest BCUT2D eigenvalue weighted by molar-refractivity contribution is 8.00. The topological polar surface area (TPSA) is 52.5 Å². The zero-order valence-electron chi connectivity index (χ0n) is 22.8. The van der Waals surface area contributed by atoms with Gasteiger partial charge in [-0.15, -0.1) is 23.1 Å². The highest BCUT2D eigenvalue weighted by atomic mass is 32.2. The van der Waals surface area contributed by atoms with E-state index in [1.165, 1.54) is 41.4 Å². The van der Waals surface area contributed by atoms with Crippen LogP contribution in [0.25, 0.3) is 58.8 Å². The quantitative estimate of drug-likeness (QED) is 0.203. The summed E-state index contributed by atoms with van der Waals surface area (Å²) in [7, 11) is 0. The fourth-order valence-corrected chi connectivity index (χ4v) is 9.35. The molecular formula is C38H21N3S2. The van der Waals surface area contributed by atoms with Crippen molar-refractivity contribution in [3.05, 3.63) is 132 Å². The van der Waals surface area contributed by atoms with E-state index in [-0.39, 0.29) is 5.92 Å². The first-order valence-corrected chi connectivity index (χ1v) is 15.9. The zero-order chi connectivity index (χ0) is 28.7. The number of rotatable bonds is 2. The minimum absolute atomic E-state index is 0.219. The summed E-state index contributed by atoms with van der Waals surface area (Å²) in [5.41, 5.74) is 8.14. The first-order valence-electron chi connectivity index (χ1n) is 14.2. The van der Waals surface area contributed by atoms with Crippen LogP contribution < -0.4 is 0 Å². The SMILES string of the molecule is N#CC1=CC2c3cc4c(cc3SC2C=C1)sc1ccc(-c2cc(C#N)ccc2-n2c3ccccc3c3ccccc32)cc14. The van der Waals surface area contributed by atoms with E-state index in [2.05, 4.69) is 114 Å². The maximum absolute atomic E-state index is 9.89. The number of nitrogens with zero attached hydrogens (tertiary/aromatic N) is 3. The van der Waals surface area contributed by atoms with Gasteiger partial charge in [-0.1, -0.05) is 54.6 Å². The maximum Gasteiger partial charge on any atom is 0.0991 e. The van der Waals surface area contributed by atoms with E-state index >= 15 is 0 Å². The van der Waals surface area contributed by atoms with Crippen LogP contribution in [0.3, 0.4) is 0 Å². The Hall–Kier alpha value is -5.07. The third kappa shape index (κ3) is 3.60. The third-order valence-electron chi connectivity index (χ3n) is 8.79. The van der Waals surface area contributed by atoms with Crippen LogP contribution >= 0.6 is 23.1 Å². The van der Waals surface area contributed by atoms with Crippen molar-refractivity contribution in [2.75, 3.05) is 0 Å². The number of thioether (sulfide) groups is 1. The van der Waals surface area contributed by atoms with Crippen LogP contribution in [-0.4, -0.2) is 9.82 Å². The fraction of sp³-hybridized carbons (Fsp3) is 0.0526. The number of hydrogen-bond donors (Lipinski definition) is 0. The summed E-state index contributed by atoms with van der Waals surface area (Å²) >= 11 is 3.72. The van der Waals surface area contributed by atoms with Gasteiger partial charge in [-0.05, 0) is 71.8 Å². The number of para-hydroxylation sites is 2. The Morgan fingerprint density at radius 1 is 0.698 bits per heavy atom. The third-order valence-corrected chi connectivity index (χ3v) is 11.3. The van der Waals surface area contributed by atoms with E-state index in [0.717, 1.165) is 33.4 Å². The Bertz CT molecular complexity index is 2420. The summed E-state index contributed by atoms with van der Waals surface area (Å²) in [6.45, 7) is 0. The van der Waals surface area contributed by atoms with E-state index in [1.54, 1.807) is 0 Å². The van der Waals surface area contributed by atoms with Crippen LogP contribution in [0.15, 0.2) is 126 Å². The van der Waals surface area contributed by atoms with Crippen LogP contribution in [-0.2, 0) is 0 Å². The van der Waals surface area contributed by atoms with E-state index < -0.39 is 0 Å². The first-order chi connectivity index (χ1) is 21.2. The monoisotopic (exact) mass is 583 g/mol. The minimum Gasteiger partial charge on any atom is -0.309 e. The highest BCUT2D eigenvalue weighted by Crippen LogP contribution is 2.52. The van der Waals surface area contributed by atoms with Crippen molar-refractivity contribution in [1.82, 2.24) is 4.57 Å². The molecule has 0 amide bonds. The summed E-state index contributed by atoms with van der Waals surface area (Å²) in [5.74, 6) is 0.219. The molecule has 2 atom stereocenters. The van der Waals surface area contributed by atoms with E-state index in [4.69, 9.17) is 0 Å². The molecule has 5 aromatic carbocycles. The lowest BCUT2D eigenvalue weighted by molar-refractivity contribution is 0.877. The lowest BCUT2D eigenvalue weighted by atomic mass is 9.89. The Kier molecular flexibility index (Phi) is 5.25. The van der Waals surface area contributed by atoms with Gasteiger partial charge in [0.05, 0.1) is 34.4 Å². The van der Waals surface area contributed by atoms with Gasteiger partial charge in [0.25, 0.3) is 0 Å². The number of aromatic nitrogens is 1. The number of hydrogen-bond acceptors (Lipinski definition) is 4. The molecule has 2 unspecified atom stereocenters. The van der Waals surface area contributed by atoms with Gasteiger partial charge in [-0.2, -0.15) is 10.5 Å². The van der Waals surface area contributed by atoms with Gasteiger partial charge in [-0.25, -0.2) is 0 Å². The van der Waals surface area contributed by atoms with Gasteiger partial charge < -0.3 is 4.57 Å². The van der Waals surface area contributed by atoms with Gasteiger partial charge in [0.2, 0.25) is 0 Å². The molecule has 3 heterocycles. The molecule has 200 valence electrons. The van der Waals surface area contributed by atoms with Gasteiger partial charge in [0, 0.05) is 58.1 Å². The van der Waals surface area contributed by atoms with Crippen LogP contribution in [0, 0.1) is 22.7 Å². The summed E-state index contributed by atoms with van der Waals surface area (Å²) < 4.78 is 4.85. The number of nitriles is 2. The highest BCUT2D eigenvalue weighted by Gasteiger charge is 2.33. The Balaban J connectivity index is 1.27. The smallest absolute Gasteiger partial charge is 0.0991 e. The minimum atomic E-state index is 0.219. The largest absolute Gasteiger partial charge is 0.309 e. The van der Waals surface area contributed by atoms with Crippen molar-refractivity contribution in [3.8, 4) is 29.0 Å². The lowest BCUT2D eigenvalue weighted by Gasteiger charge is -2.16. The Morgan fingerprint density at radius 2 is 1.47 bits per heavy atom. The molecule has 2 aliphatic rings. The predicted molar refractivity (Wildman–Crippen MR) is 179 cm³/mol. The van der Waals surface area contributed by atoms with Crippen molar-refractivity contribution in [1.29, 1.82) is 10.5 Å². The van der Waals surface area contributed by atoms with Crippen molar-refractivity contribution < 1.29 is 0 Å². The Labute approximate surface area is 256 Å². The summed E-state index contributed by atoms with van der Waals surface area (Å²) in [6, 6.07) is 39.2. The summed E-state index contributed by atoms with van der Waals surface area (Å²) in [6.07, 6.45) is 6.26. The van der Waals surface area contributed by atoms with E-state index in [9.17, 15) is 10.5 Å². The normalized spacial score (nSPS) is 17.2. The van der Waals surface area contributed by atoms with Crippen LogP contribution in [0.2, 0.25) is 0 Å². The van der Waals surface area contributed by atoms with Crippen LogP contribution in [0.5, 0.6) is 0 Å². The first kappa shape index (κ1) is 24.5. The zero-order valence-corrected chi connectivity index (χ0v) is 24.4. The number of thiophene rings is 1. The molecule has 1 aliphatic heterocycles. The van der Waals surface area contributed by atoms with Crippen LogP contribution in [0.1, 0.15) is 17.0 Å². The molecule has 0 radical (unpaired) electrons. The number of allylic oxidation sites excluding steroid dienone is 3. The fourth-order valence-electron chi connectivity index (χ4n) is 6.83. The molecular weight excluding hydrogens is 563 g/mol. The molecule has 5 heteroatoms. The van der Waals surface area contributed by atoms with Crippen LogP contribution in [0.4, 0.5) is 0 Å². The predicted octanol–water partition coefficient (Wildman–Crippen LogP) is 10.3. The van der Waals surface area contributed by atoms with Crippen molar-refractivity contribution in [3.63, 3.8) is 0 Å². The Morgan fingerprint density at radius 3 is 2.23 bits per heavy atom.